The first-order valence-electron chi connectivity index (χ1n) is 5.65. The van der Waals surface area contributed by atoms with Crippen LogP contribution in [0.4, 0.5) is 0 Å². The molecule has 0 aliphatic heterocycles. The zero-order valence-corrected chi connectivity index (χ0v) is 9.56. The molecular weight excluding hydrogens is 198 g/mol. The molecule has 0 atom stereocenters. The number of rotatable bonds is 4. The van der Waals surface area contributed by atoms with E-state index >= 15 is 0 Å². The highest BCUT2D eigenvalue weighted by Crippen LogP contribution is 2.14. The zero-order valence-electron chi connectivity index (χ0n) is 9.56. The molecule has 0 radical (unpaired) electrons. The third-order valence-corrected chi connectivity index (χ3v) is 2.65. The number of aryl methyl sites for hydroxylation is 1. The molecule has 0 fully saturated rings. The second-order valence-electron chi connectivity index (χ2n) is 3.88. The van der Waals surface area contributed by atoms with Crippen LogP contribution in [0.3, 0.4) is 0 Å². The van der Waals surface area contributed by atoms with Crippen LogP contribution in [-0.2, 0) is 13.0 Å². The third-order valence-electron chi connectivity index (χ3n) is 2.65. The minimum absolute atomic E-state index is 0.575. The molecule has 2 rings (SSSR count). The third kappa shape index (κ3) is 2.14. The molecule has 0 unspecified atom stereocenters. The highest BCUT2D eigenvalue weighted by Gasteiger charge is 2.03. The lowest BCUT2D eigenvalue weighted by Crippen LogP contribution is -2.01. The Morgan fingerprint density at radius 1 is 1.38 bits per heavy atom. The first-order chi connectivity index (χ1) is 7.85. The molecule has 0 saturated carbocycles. The molecule has 2 N–H and O–H groups in total. The van der Waals surface area contributed by atoms with E-state index in [9.17, 15) is 0 Å². The van der Waals surface area contributed by atoms with Crippen LogP contribution in [0.2, 0.25) is 0 Å². The van der Waals surface area contributed by atoms with Gasteiger partial charge in [0.2, 0.25) is 0 Å². The molecule has 0 aliphatic carbocycles. The van der Waals surface area contributed by atoms with Crippen molar-refractivity contribution in [3.63, 3.8) is 0 Å². The summed E-state index contributed by atoms with van der Waals surface area (Å²) in [6.45, 7) is 2.75. The second-order valence-corrected chi connectivity index (χ2v) is 3.88. The van der Waals surface area contributed by atoms with Gasteiger partial charge in [0.05, 0.1) is 6.33 Å². The molecule has 0 amide bonds. The largest absolute Gasteiger partial charge is 0.326 e. The summed E-state index contributed by atoms with van der Waals surface area (Å²) in [6, 6.07) is 8.27. The molecule has 0 spiro atoms. The van der Waals surface area contributed by atoms with Crippen molar-refractivity contribution in [1.82, 2.24) is 9.55 Å². The summed E-state index contributed by atoms with van der Waals surface area (Å²) < 4.78 is 2.13. The van der Waals surface area contributed by atoms with E-state index in [0.717, 1.165) is 24.1 Å². The number of hydrogen-bond donors (Lipinski definition) is 1. The van der Waals surface area contributed by atoms with Crippen LogP contribution in [-0.4, -0.2) is 9.55 Å². The number of imidazole rings is 1. The van der Waals surface area contributed by atoms with Crippen LogP contribution < -0.4 is 5.73 Å². The first kappa shape index (κ1) is 10.9. The fourth-order valence-corrected chi connectivity index (χ4v) is 1.83. The predicted octanol–water partition coefficient (Wildman–Crippen LogP) is 2.28. The van der Waals surface area contributed by atoms with Gasteiger partial charge >= 0.3 is 0 Å². The Balaban J connectivity index is 2.37. The van der Waals surface area contributed by atoms with Gasteiger partial charge in [0.25, 0.3) is 0 Å². The number of aromatic nitrogens is 2. The highest BCUT2D eigenvalue weighted by atomic mass is 15.0. The van der Waals surface area contributed by atoms with Gasteiger partial charge in [-0.1, -0.05) is 25.5 Å². The highest BCUT2D eigenvalue weighted by molar-refractivity contribution is 5.37. The number of hydrogen-bond acceptors (Lipinski definition) is 2. The fourth-order valence-electron chi connectivity index (χ4n) is 1.83. The van der Waals surface area contributed by atoms with Crippen molar-refractivity contribution in [1.29, 1.82) is 0 Å². The maximum Gasteiger partial charge on any atom is 0.0994 e. The quantitative estimate of drug-likeness (QED) is 0.850. The van der Waals surface area contributed by atoms with Crippen molar-refractivity contribution < 1.29 is 0 Å². The Labute approximate surface area is 95.9 Å². The molecule has 1 heterocycles. The average Bonchev–Trinajstić information content (AvgIpc) is 2.78. The lowest BCUT2D eigenvalue weighted by Gasteiger charge is -2.08. The average molecular weight is 215 g/mol. The molecule has 16 heavy (non-hydrogen) atoms. The van der Waals surface area contributed by atoms with Gasteiger partial charge < -0.3 is 10.3 Å². The van der Waals surface area contributed by atoms with E-state index in [4.69, 9.17) is 5.73 Å². The fraction of sp³-hybridized carbons (Fsp3) is 0.308. The van der Waals surface area contributed by atoms with E-state index in [2.05, 4.69) is 28.6 Å². The van der Waals surface area contributed by atoms with Gasteiger partial charge in [-0.15, -0.1) is 0 Å². The SMILES string of the molecule is CCCc1cncn1-c1cccc(CN)c1. The Hall–Kier alpha value is -1.61. The maximum atomic E-state index is 5.64. The molecule has 0 bridgehead atoms. The van der Waals surface area contributed by atoms with Gasteiger partial charge in [-0.2, -0.15) is 0 Å². The number of nitrogens with zero attached hydrogens (tertiary/aromatic N) is 2. The van der Waals surface area contributed by atoms with Crippen molar-refractivity contribution in [3.05, 3.63) is 48.0 Å². The van der Waals surface area contributed by atoms with E-state index in [1.54, 1.807) is 0 Å². The smallest absolute Gasteiger partial charge is 0.0994 e. The minimum Gasteiger partial charge on any atom is -0.326 e. The van der Waals surface area contributed by atoms with Crippen LogP contribution in [0.25, 0.3) is 5.69 Å². The van der Waals surface area contributed by atoms with E-state index in [1.165, 1.54) is 5.69 Å². The standard InChI is InChI=1S/C13H17N3/c1-2-4-13-9-15-10-16(13)12-6-3-5-11(7-12)8-14/h3,5-7,9-10H,2,4,8,14H2,1H3. The summed E-state index contributed by atoms with van der Waals surface area (Å²) in [5, 5.41) is 0. The van der Waals surface area contributed by atoms with Gasteiger partial charge in [-0.05, 0) is 24.1 Å². The van der Waals surface area contributed by atoms with Crippen LogP contribution in [0.15, 0.2) is 36.8 Å². The summed E-state index contributed by atoms with van der Waals surface area (Å²) in [5.41, 5.74) is 9.18. The second kappa shape index (κ2) is 4.94. The number of nitrogens with two attached hydrogens (primary N) is 1. The van der Waals surface area contributed by atoms with Crippen molar-refractivity contribution in [2.45, 2.75) is 26.3 Å². The van der Waals surface area contributed by atoms with Gasteiger partial charge in [-0.3, -0.25) is 0 Å². The minimum atomic E-state index is 0.575. The topological polar surface area (TPSA) is 43.8 Å². The Morgan fingerprint density at radius 2 is 2.25 bits per heavy atom. The van der Waals surface area contributed by atoms with Crippen molar-refractivity contribution >= 4 is 0 Å². The summed E-state index contributed by atoms with van der Waals surface area (Å²) in [7, 11) is 0. The van der Waals surface area contributed by atoms with Crippen molar-refractivity contribution in [2.24, 2.45) is 5.73 Å². The summed E-state index contributed by atoms with van der Waals surface area (Å²) >= 11 is 0. The van der Waals surface area contributed by atoms with E-state index in [0.29, 0.717) is 6.54 Å². The molecule has 3 nitrogen and oxygen atoms in total. The molecule has 0 saturated heterocycles. The summed E-state index contributed by atoms with van der Waals surface area (Å²) in [5.74, 6) is 0. The summed E-state index contributed by atoms with van der Waals surface area (Å²) in [6.07, 6.45) is 5.97. The normalized spacial score (nSPS) is 10.6. The van der Waals surface area contributed by atoms with Crippen LogP contribution >= 0.6 is 0 Å². The summed E-state index contributed by atoms with van der Waals surface area (Å²) in [4.78, 5) is 4.20. The molecule has 1 aromatic carbocycles. The Kier molecular flexibility index (Phi) is 3.37. The molecule has 1 aromatic heterocycles. The zero-order chi connectivity index (χ0) is 11.4. The molecule has 3 heteroatoms. The van der Waals surface area contributed by atoms with E-state index in [-0.39, 0.29) is 0 Å². The molecule has 0 aliphatic rings. The van der Waals surface area contributed by atoms with Gasteiger partial charge in [0, 0.05) is 24.1 Å². The Bertz CT molecular complexity index is 460. The maximum absolute atomic E-state index is 5.64. The van der Waals surface area contributed by atoms with E-state index < -0.39 is 0 Å². The van der Waals surface area contributed by atoms with Crippen LogP contribution in [0.1, 0.15) is 24.6 Å². The molecule has 2 aromatic rings. The van der Waals surface area contributed by atoms with Crippen LogP contribution in [0.5, 0.6) is 0 Å². The van der Waals surface area contributed by atoms with Gasteiger partial charge in [0.1, 0.15) is 0 Å². The molecular formula is C13H17N3. The Morgan fingerprint density at radius 3 is 3.00 bits per heavy atom. The van der Waals surface area contributed by atoms with E-state index in [1.807, 2.05) is 24.7 Å². The van der Waals surface area contributed by atoms with Crippen molar-refractivity contribution in [3.8, 4) is 5.69 Å². The van der Waals surface area contributed by atoms with Crippen molar-refractivity contribution in [2.75, 3.05) is 0 Å². The number of benzene rings is 1. The van der Waals surface area contributed by atoms with Crippen LogP contribution in [0, 0.1) is 0 Å². The predicted molar refractivity (Wildman–Crippen MR) is 65.5 cm³/mol. The lowest BCUT2D eigenvalue weighted by atomic mass is 10.2. The van der Waals surface area contributed by atoms with Gasteiger partial charge in [-0.25, -0.2) is 4.98 Å². The first-order valence-corrected chi connectivity index (χ1v) is 5.65. The molecule has 84 valence electrons. The lowest BCUT2D eigenvalue weighted by molar-refractivity contribution is 0.842. The van der Waals surface area contributed by atoms with Gasteiger partial charge in [0.15, 0.2) is 0 Å². The monoisotopic (exact) mass is 215 g/mol.